The van der Waals surface area contributed by atoms with Crippen LogP contribution in [-0.4, -0.2) is 50.7 Å². The number of ether oxygens (including phenoxy) is 2. The van der Waals surface area contributed by atoms with Gasteiger partial charge in [0.05, 0.1) is 34.0 Å². The van der Waals surface area contributed by atoms with Crippen molar-refractivity contribution in [2.24, 2.45) is 5.92 Å². The summed E-state index contributed by atoms with van der Waals surface area (Å²) >= 11 is 1.64. The summed E-state index contributed by atoms with van der Waals surface area (Å²) in [5, 5.41) is 27.9. The molecule has 0 spiro atoms. The lowest BCUT2D eigenvalue weighted by molar-refractivity contribution is 0.157. The zero-order chi connectivity index (χ0) is 24.6. The first-order chi connectivity index (χ1) is 17.6. The van der Waals surface area contributed by atoms with Crippen molar-refractivity contribution in [1.82, 2.24) is 15.0 Å². The maximum Gasteiger partial charge on any atom is 0.231 e. The van der Waals surface area contributed by atoms with Crippen LogP contribution in [0.1, 0.15) is 41.1 Å². The zero-order valence-electron chi connectivity index (χ0n) is 20.0. The first kappa shape index (κ1) is 23.2. The standard InChI is InChI=1S/C26H29N5O4S/c1-14-23(25-30-17-4-2-3-5-22(17)36-25)24(29-18-8-16(12-32)9-19(18)33)31-26(28-14)27-11-15-6-7-20-21(10-15)35-13-34-20/h3,5-7,10,16,18-19,32-33H,2,4,8-9,11-13H2,1H3,(H2,27,28,29,31)/t16-,18?,19+/m0/s1. The number of nitrogens with zero attached hydrogens (tertiary/aromatic N) is 3. The molecule has 3 atom stereocenters. The van der Waals surface area contributed by atoms with Gasteiger partial charge < -0.3 is 30.3 Å². The molecule has 0 amide bonds. The monoisotopic (exact) mass is 507 g/mol. The van der Waals surface area contributed by atoms with Crippen LogP contribution in [0.2, 0.25) is 0 Å². The van der Waals surface area contributed by atoms with Crippen LogP contribution in [-0.2, 0) is 13.0 Å². The Morgan fingerprint density at radius 1 is 1.14 bits per heavy atom. The topological polar surface area (TPSA) is 122 Å². The van der Waals surface area contributed by atoms with E-state index in [1.54, 1.807) is 11.3 Å². The number of benzene rings is 1. The van der Waals surface area contributed by atoms with Gasteiger partial charge in [0, 0.05) is 13.2 Å². The van der Waals surface area contributed by atoms with E-state index in [2.05, 4.69) is 22.8 Å². The van der Waals surface area contributed by atoms with Gasteiger partial charge in [0.25, 0.3) is 0 Å². The SMILES string of the molecule is Cc1nc(NCc2ccc3c(c2)OCO3)nc(NC2C[C@H](CO)C[C@H]2O)c1-c1nc2c(s1)C=CCC2. The molecule has 3 heterocycles. The molecule has 6 rings (SSSR count). The minimum atomic E-state index is -0.553. The van der Waals surface area contributed by atoms with Crippen molar-refractivity contribution in [2.75, 3.05) is 24.0 Å². The first-order valence-electron chi connectivity index (χ1n) is 12.3. The molecule has 9 nitrogen and oxygen atoms in total. The highest BCUT2D eigenvalue weighted by molar-refractivity contribution is 7.16. The van der Waals surface area contributed by atoms with E-state index in [1.807, 2.05) is 25.1 Å². The smallest absolute Gasteiger partial charge is 0.231 e. The average Bonchev–Trinajstić information content (AvgIpc) is 3.60. The van der Waals surface area contributed by atoms with E-state index in [0.717, 1.165) is 51.9 Å². The number of allylic oxidation sites excluding steroid dienone is 1. The van der Waals surface area contributed by atoms with Crippen LogP contribution in [0.15, 0.2) is 24.3 Å². The van der Waals surface area contributed by atoms with Crippen molar-refractivity contribution >= 4 is 29.2 Å². The normalized spacial score (nSPS) is 22.0. The Morgan fingerprint density at radius 3 is 2.86 bits per heavy atom. The minimum Gasteiger partial charge on any atom is -0.454 e. The van der Waals surface area contributed by atoms with Crippen molar-refractivity contribution < 1.29 is 19.7 Å². The van der Waals surface area contributed by atoms with E-state index in [9.17, 15) is 10.2 Å². The fourth-order valence-electron chi connectivity index (χ4n) is 5.03. The van der Waals surface area contributed by atoms with Crippen LogP contribution >= 0.6 is 11.3 Å². The van der Waals surface area contributed by atoms with Gasteiger partial charge in [-0.1, -0.05) is 12.1 Å². The van der Waals surface area contributed by atoms with Gasteiger partial charge in [0.2, 0.25) is 12.7 Å². The predicted molar refractivity (Wildman–Crippen MR) is 138 cm³/mol. The highest BCUT2D eigenvalue weighted by Gasteiger charge is 2.34. The fraction of sp³-hybridized carbons (Fsp3) is 0.423. The highest BCUT2D eigenvalue weighted by Crippen LogP contribution is 2.39. The molecule has 2 aromatic heterocycles. The number of aliphatic hydroxyl groups excluding tert-OH is 2. The molecule has 10 heteroatoms. The summed E-state index contributed by atoms with van der Waals surface area (Å²) in [6, 6.07) is 5.64. The molecule has 0 bridgehead atoms. The summed E-state index contributed by atoms with van der Waals surface area (Å²) in [7, 11) is 0. The summed E-state index contributed by atoms with van der Waals surface area (Å²) < 4.78 is 10.9. The Morgan fingerprint density at radius 2 is 2.03 bits per heavy atom. The second-order valence-electron chi connectivity index (χ2n) is 9.51. The number of hydrogen-bond acceptors (Lipinski definition) is 10. The van der Waals surface area contributed by atoms with Gasteiger partial charge in [0.15, 0.2) is 11.5 Å². The lowest BCUT2D eigenvalue weighted by Crippen LogP contribution is -2.29. The molecule has 1 unspecified atom stereocenters. The third-order valence-corrected chi connectivity index (χ3v) is 8.02. The van der Waals surface area contributed by atoms with Crippen molar-refractivity contribution in [3.63, 3.8) is 0 Å². The summed E-state index contributed by atoms with van der Waals surface area (Å²) in [4.78, 5) is 15.7. The quantitative estimate of drug-likeness (QED) is 0.379. The lowest BCUT2D eigenvalue weighted by Gasteiger charge is -2.20. The molecule has 0 saturated heterocycles. The molecule has 1 aliphatic heterocycles. The van der Waals surface area contributed by atoms with Crippen LogP contribution in [0.4, 0.5) is 11.8 Å². The number of anilines is 2. The Hall–Kier alpha value is -3.21. The third-order valence-electron chi connectivity index (χ3n) is 6.94. The maximum absolute atomic E-state index is 10.6. The Balaban J connectivity index is 1.31. The molecule has 36 heavy (non-hydrogen) atoms. The van der Waals surface area contributed by atoms with E-state index in [-0.39, 0.29) is 25.4 Å². The minimum absolute atomic E-state index is 0.0682. The van der Waals surface area contributed by atoms with Crippen LogP contribution in [0.5, 0.6) is 11.5 Å². The van der Waals surface area contributed by atoms with Gasteiger partial charge in [-0.3, -0.25) is 0 Å². The number of aryl methyl sites for hydroxylation is 2. The summed E-state index contributed by atoms with van der Waals surface area (Å²) in [6.45, 7) is 2.79. The lowest BCUT2D eigenvalue weighted by atomic mass is 10.1. The molecule has 1 saturated carbocycles. The Kier molecular flexibility index (Phi) is 6.24. The first-order valence-corrected chi connectivity index (χ1v) is 13.1. The summed E-state index contributed by atoms with van der Waals surface area (Å²) in [5.74, 6) is 2.69. The molecule has 4 N–H and O–H groups in total. The van der Waals surface area contributed by atoms with E-state index in [4.69, 9.17) is 24.4 Å². The summed E-state index contributed by atoms with van der Waals surface area (Å²) in [6.07, 6.45) is 6.94. The second-order valence-corrected chi connectivity index (χ2v) is 10.5. The number of thiazole rings is 1. The number of aromatic nitrogens is 3. The van der Waals surface area contributed by atoms with E-state index >= 15 is 0 Å². The summed E-state index contributed by atoms with van der Waals surface area (Å²) in [5.41, 5.74) is 3.79. The molecule has 0 radical (unpaired) electrons. The second kappa shape index (κ2) is 9.68. The molecule has 2 aliphatic carbocycles. The van der Waals surface area contributed by atoms with Gasteiger partial charge in [-0.05, 0) is 62.3 Å². The van der Waals surface area contributed by atoms with Crippen LogP contribution in [0.25, 0.3) is 16.6 Å². The molecular formula is C26H29N5O4S. The van der Waals surface area contributed by atoms with E-state index in [1.165, 1.54) is 4.88 Å². The third kappa shape index (κ3) is 4.52. The number of fused-ring (bicyclic) bond motifs is 2. The number of aliphatic hydroxyl groups is 2. The van der Waals surface area contributed by atoms with Gasteiger partial charge >= 0.3 is 0 Å². The van der Waals surface area contributed by atoms with Crippen molar-refractivity contribution in [3.8, 4) is 22.1 Å². The van der Waals surface area contributed by atoms with Gasteiger partial charge in [-0.15, -0.1) is 11.3 Å². The Labute approximate surface area is 213 Å². The van der Waals surface area contributed by atoms with Gasteiger partial charge in [0.1, 0.15) is 10.8 Å². The molecule has 1 aromatic carbocycles. The molecule has 3 aromatic rings. The number of nitrogens with one attached hydrogen (secondary N) is 2. The fourth-order valence-corrected chi connectivity index (χ4v) is 6.17. The maximum atomic E-state index is 10.6. The predicted octanol–water partition coefficient (Wildman–Crippen LogP) is 3.75. The molecule has 3 aliphatic rings. The number of hydrogen-bond donors (Lipinski definition) is 4. The molecule has 188 valence electrons. The average molecular weight is 508 g/mol. The van der Waals surface area contributed by atoms with Crippen molar-refractivity contribution in [1.29, 1.82) is 0 Å². The van der Waals surface area contributed by atoms with Crippen LogP contribution in [0.3, 0.4) is 0 Å². The van der Waals surface area contributed by atoms with E-state index < -0.39 is 6.10 Å². The van der Waals surface area contributed by atoms with Crippen LogP contribution < -0.4 is 20.1 Å². The van der Waals surface area contributed by atoms with Crippen LogP contribution in [0, 0.1) is 12.8 Å². The van der Waals surface area contributed by atoms with Gasteiger partial charge in [-0.2, -0.15) is 4.98 Å². The number of rotatable bonds is 7. The Bertz CT molecular complexity index is 1310. The van der Waals surface area contributed by atoms with Gasteiger partial charge in [-0.25, -0.2) is 9.97 Å². The largest absolute Gasteiger partial charge is 0.454 e. The van der Waals surface area contributed by atoms with E-state index in [0.29, 0.717) is 31.2 Å². The van der Waals surface area contributed by atoms with Crippen molar-refractivity contribution in [3.05, 3.63) is 46.1 Å². The molecular weight excluding hydrogens is 478 g/mol. The highest BCUT2D eigenvalue weighted by atomic mass is 32.1. The zero-order valence-corrected chi connectivity index (χ0v) is 20.8. The molecule has 1 fully saturated rings. The van der Waals surface area contributed by atoms with Crippen molar-refractivity contribution in [2.45, 2.75) is 51.3 Å².